The number of aliphatic hydroxyl groups excluding tert-OH is 1. The van der Waals surface area contributed by atoms with E-state index < -0.39 is 12.1 Å². The molecule has 0 saturated carbocycles. The number of hydrogen-bond donors (Lipinski definition) is 2. The van der Waals surface area contributed by atoms with Gasteiger partial charge in [-0.15, -0.1) is 0 Å². The summed E-state index contributed by atoms with van der Waals surface area (Å²) in [5, 5.41) is 17.9. The topological polar surface area (TPSA) is 57.5 Å². The fraction of sp³-hybridized carbons (Fsp3) is 0.125. The molecule has 3 nitrogen and oxygen atoms in total. The lowest BCUT2D eigenvalue weighted by Gasteiger charge is -2.07. The average molecular weight is 265 g/mol. The summed E-state index contributed by atoms with van der Waals surface area (Å²) in [4.78, 5) is 10.4. The van der Waals surface area contributed by atoms with Crippen molar-refractivity contribution in [1.29, 1.82) is 0 Å². The second-order valence-corrected chi connectivity index (χ2v) is 3.73. The number of carbonyl (C=O) groups is 1. The molecule has 1 rings (SSSR count). The van der Waals surface area contributed by atoms with E-state index in [1.165, 1.54) is 12.1 Å². The quantitative estimate of drug-likeness (QED) is 0.862. The van der Waals surface area contributed by atoms with Gasteiger partial charge in [0.1, 0.15) is 0 Å². The lowest BCUT2D eigenvalue weighted by Crippen LogP contribution is -2.10. The summed E-state index contributed by atoms with van der Waals surface area (Å²) < 4.78 is 0.735. The van der Waals surface area contributed by atoms with E-state index in [9.17, 15) is 9.90 Å². The monoisotopic (exact) mass is 264 g/mol. The van der Waals surface area contributed by atoms with E-state index in [1.807, 2.05) is 0 Å². The molecule has 2 N–H and O–H groups in total. The number of aliphatic hydroxyl groups is 1. The first-order valence-corrected chi connectivity index (χ1v) is 4.55. The Balaban J connectivity index is 3.08. The molecule has 1 atom stereocenters. The van der Waals surface area contributed by atoms with Gasteiger partial charge in [-0.2, -0.15) is 0 Å². The van der Waals surface area contributed by atoms with Crippen molar-refractivity contribution in [3.05, 3.63) is 33.3 Å². The molecule has 1 aromatic carbocycles. The molecule has 0 aromatic heterocycles. The lowest BCUT2D eigenvalue weighted by molar-refractivity contribution is -0.146. The number of benzene rings is 1. The predicted octanol–water partition coefficient (Wildman–Crippen LogP) is 2.22. The van der Waals surface area contributed by atoms with Crippen molar-refractivity contribution in [3.8, 4) is 0 Å². The van der Waals surface area contributed by atoms with Crippen LogP contribution in [0.3, 0.4) is 0 Å². The zero-order chi connectivity index (χ0) is 10.0. The van der Waals surface area contributed by atoms with E-state index in [4.69, 9.17) is 16.7 Å². The Hall–Kier alpha value is -0.580. The van der Waals surface area contributed by atoms with Crippen LogP contribution in [0.1, 0.15) is 11.7 Å². The minimum Gasteiger partial charge on any atom is -0.479 e. The fourth-order valence-corrected chi connectivity index (χ4v) is 1.63. The van der Waals surface area contributed by atoms with Crippen LogP contribution in [-0.4, -0.2) is 16.2 Å². The van der Waals surface area contributed by atoms with Crippen LogP contribution in [0.2, 0.25) is 5.02 Å². The maximum Gasteiger partial charge on any atom is 0.337 e. The van der Waals surface area contributed by atoms with Crippen LogP contribution >= 0.6 is 27.5 Å². The van der Waals surface area contributed by atoms with Crippen LogP contribution in [-0.2, 0) is 4.79 Å². The third kappa shape index (κ3) is 2.43. The average Bonchev–Trinajstić information content (AvgIpc) is 2.03. The molecule has 0 saturated heterocycles. The molecule has 13 heavy (non-hydrogen) atoms. The van der Waals surface area contributed by atoms with Gasteiger partial charge in [-0.05, 0) is 12.1 Å². The Morgan fingerprint density at radius 1 is 1.54 bits per heavy atom. The molecule has 70 valence electrons. The van der Waals surface area contributed by atoms with Crippen molar-refractivity contribution >= 4 is 33.5 Å². The highest BCUT2D eigenvalue weighted by Crippen LogP contribution is 2.26. The normalized spacial score (nSPS) is 12.5. The Morgan fingerprint density at radius 3 is 2.62 bits per heavy atom. The Morgan fingerprint density at radius 2 is 2.15 bits per heavy atom. The van der Waals surface area contributed by atoms with Crippen LogP contribution in [0.5, 0.6) is 0 Å². The molecule has 0 fully saturated rings. The minimum absolute atomic E-state index is 0.192. The van der Waals surface area contributed by atoms with Gasteiger partial charge in [0, 0.05) is 15.1 Å². The number of aliphatic carboxylic acids is 1. The van der Waals surface area contributed by atoms with Gasteiger partial charge in [0.2, 0.25) is 0 Å². The summed E-state index contributed by atoms with van der Waals surface area (Å²) in [6, 6.07) is 4.61. The molecule has 0 amide bonds. The van der Waals surface area contributed by atoms with Crippen LogP contribution in [0, 0.1) is 0 Å². The van der Waals surface area contributed by atoms with Crippen molar-refractivity contribution in [2.75, 3.05) is 0 Å². The van der Waals surface area contributed by atoms with Gasteiger partial charge in [0.15, 0.2) is 6.10 Å². The second kappa shape index (κ2) is 4.09. The largest absolute Gasteiger partial charge is 0.479 e. The smallest absolute Gasteiger partial charge is 0.337 e. The molecule has 0 aliphatic heterocycles. The summed E-state index contributed by atoms with van der Waals surface area (Å²) in [7, 11) is 0. The summed E-state index contributed by atoms with van der Waals surface area (Å²) in [5.41, 5.74) is 0.192. The number of hydrogen-bond acceptors (Lipinski definition) is 2. The standard InChI is InChI=1S/C8H6BrClO3/c9-4-1-2-5(6(10)3-4)7(11)8(12)13/h1-3,7,11H,(H,12,13). The summed E-state index contributed by atoms with van der Waals surface area (Å²) in [6.07, 6.45) is -1.57. The van der Waals surface area contributed by atoms with Gasteiger partial charge >= 0.3 is 5.97 Å². The molecule has 5 heteroatoms. The highest BCUT2D eigenvalue weighted by molar-refractivity contribution is 9.10. The number of carboxylic acid groups (broad SMARTS) is 1. The zero-order valence-electron chi connectivity index (χ0n) is 6.37. The first kappa shape index (κ1) is 10.5. The first-order valence-electron chi connectivity index (χ1n) is 3.38. The molecule has 0 bridgehead atoms. The van der Waals surface area contributed by atoms with E-state index in [1.54, 1.807) is 6.07 Å². The van der Waals surface area contributed by atoms with Gasteiger partial charge < -0.3 is 10.2 Å². The molecule has 1 aromatic rings. The first-order chi connectivity index (χ1) is 6.02. The molecular weight excluding hydrogens is 259 g/mol. The third-order valence-electron chi connectivity index (χ3n) is 1.49. The van der Waals surface area contributed by atoms with Crippen molar-refractivity contribution in [2.24, 2.45) is 0 Å². The Labute approximate surface area is 88.1 Å². The van der Waals surface area contributed by atoms with Crippen LogP contribution in [0.15, 0.2) is 22.7 Å². The van der Waals surface area contributed by atoms with Crippen LogP contribution in [0.4, 0.5) is 0 Å². The highest BCUT2D eigenvalue weighted by Gasteiger charge is 2.18. The molecule has 0 spiro atoms. The predicted molar refractivity (Wildman–Crippen MR) is 51.7 cm³/mol. The molecular formula is C8H6BrClO3. The van der Waals surface area contributed by atoms with E-state index >= 15 is 0 Å². The molecule has 1 unspecified atom stereocenters. The highest BCUT2D eigenvalue weighted by atomic mass is 79.9. The Kier molecular flexibility index (Phi) is 3.30. The molecule has 0 aliphatic carbocycles. The number of carboxylic acids is 1. The van der Waals surface area contributed by atoms with Gasteiger partial charge in [-0.1, -0.05) is 33.6 Å². The minimum atomic E-state index is -1.57. The maximum absolute atomic E-state index is 10.4. The van der Waals surface area contributed by atoms with E-state index in [-0.39, 0.29) is 10.6 Å². The van der Waals surface area contributed by atoms with E-state index in [0.717, 1.165) is 4.47 Å². The molecule has 0 aliphatic rings. The van der Waals surface area contributed by atoms with Gasteiger partial charge in [-0.25, -0.2) is 4.79 Å². The summed E-state index contributed by atoms with van der Waals surface area (Å²) in [5.74, 6) is -1.32. The maximum atomic E-state index is 10.4. The molecule has 0 radical (unpaired) electrons. The van der Waals surface area contributed by atoms with Crippen molar-refractivity contribution in [2.45, 2.75) is 6.10 Å². The SMILES string of the molecule is O=C(O)C(O)c1ccc(Br)cc1Cl. The van der Waals surface area contributed by atoms with Crippen LogP contribution in [0.25, 0.3) is 0 Å². The fourth-order valence-electron chi connectivity index (χ4n) is 0.856. The Bertz CT molecular complexity index is 340. The summed E-state index contributed by atoms with van der Waals surface area (Å²) in [6.45, 7) is 0. The van der Waals surface area contributed by atoms with Crippen molar-refractivity contribution in [3.63, 3.8) is 0 Å². The van der Waals surface area contributed by atoms with Gasteiger partial charge in [0.05, 0.1) is 0 Å². The number of halogens is 2. The van der Waals surface area contributed by atoms with E-state index in [0.29, 0.717) is 0 Å². The third-order valence-corrected chi connectivity index (χ3v) is 2.31. The zero-order valence-corrected chi connectivity index (χ0v) is 8.71. The summed E-state index contributed by atoms with van der Waals surface area (Å²) >= 11 is 8.88. The van der Waals surface area contributed by atoms with Gasteiger partial charge in [0.25, 0.3) is 0 Å². The lowest BCUT2D eigenvalue weighted by atomic mass is 10.1. The van der Waals surface area contributed by atoms with Crippen molar-refractivity contribution in [1.82, 2.24) is 0 Å². The van der Waals surface area contributed by atoms with Crippen LogP contribution < -0.4 is 0 Å². The number of rotatable bonds is 2. The van der Waals surface area contributed by atoms with E-state index in [2.05, 4.69) is 15.9 Å². The van der Waals surface area contributed by atoms with Gasteiger partial charge in [-0.3, -0.25) is 0 Å². The molecule has 0 heterocycles. The van der Waals surface area contributed by atoms with Crippen molar-refractivity contribution < 1.29 is 15.0 Å². The second-order valence-electron chi connectivity index (χ2n) is 2.41.